The van der Waals surface area contributed by atoms with Gasteiger partial charge in [0.05, 0.1) is 10.8 Å². The summed E-state index contributed by atoms with van der Waals surface area (Å²) < 4.78 is 5.28. The number of phenolic OH excluding ortho intramolecular Hbond substituents is 1. The zero-order chi connectivity index (χ0) is 13.2. The first kappa shape index (κ1) is 12.9. The molecule has 0 amide bonds. The molecule has 100 valence electrons. The van der Waals surface area contributed by atoms with Gasteiger partial charge in [0.2, 0.25) is 0 Å². The molecule has 1 aromatic carbocycles. The number of nitrogens with zero attached hydrogens (tertiary/aromatic N) is 2. The number of hydrogen-bond donors (Lipinski definition) is 1. The summed E-state index contributed by atoms with van der Waals surface area (Å²) >= 11 is 3.78. The third-order valence-electron chi connectivity index (χ3n) is 2.93. The maximum absolute atomic E-state index is 9.93. The van der Waals surface area contributed by atoms with Crippen LogP contribution in [0.25, 0.3) is 11.5 Å². The van der Waals surface area contributed by atoms with Crippen LogP contribution in [0.5, 0.6) is 5.75 Å². The molecule has 1 unspecified atom stereocenters. The molecule has 1 aromatic heterocycles. The minimum Gasteiger partial charge on any atom is -0.507 e. The second kappa shape index (κ2) is 5.46. The molecular formula is C13H14N2O2S2. The lowest BCUT2D eigenvalue weighted by molar-refractivity contribution is 0.418. The molecule has 0 bridgehead atoms. The van der Waals surface area contributed by atoms with Gasteiger partial charge in [-0.1, -0.05) is 11.2 Å². The van der Waals surface area contributed by atoms with Crippen molar-refractivity contribution >= 4 is 23.5 Å². The van der Waals surface area contributed by atoms with Gasteiger partial charge in [-0.25, -0.2) is 0 Å². The monoisotopic (exact) mass is 294 g/mol. The Kier molecular flexibility index (Phi) is 3.70. The lowest BCUT2D eigenvalue weighted by Gasteiger charge is -2.16. The zero-order valence-electron chi connectivity index (χ0n) is 10.5. The Morgan fingerprint density at radius 1 is 1.37 bits per heavy atom. The van der Waals surface area contributed by atoms with E-state index in [1.807, 2.05) is 42.6 Å². The van der Waals surface area contributed by atoms with E-state index in [0.29, 0.717) is 16.7 Å². The lowest BCUT2D eigenvalue weighted by atomic mass is 10.1. The van der Waals surface area contributed by atoms with Crippen molar-refractivity contribution in [2.24, 2.45) is 0 Å². The van der Waals surface area contributed by atoms with Gasteiger partial charge >= 0.3 is 0 Å². The van der Waals surface area contributed by atoms with Crippen molar-refractivity contribution in [3.63, 3.8) is 0 Å². The number of thioether (sulfide) groups is 2. The number of aryl methyl sites for hydroxylation is 1. The quantitative estimate of drug-likeness (QED) is 0.917. The molecule has 2 aromatic rings. The van der Waals surface area contributed by atoms with Gasteiger partial charge in [0.15, 0.2) is 5.82 Å². The summed E-state index contributed by atoms with van der Waals surface area (Å²) in [6.07, 6.45) is 0. The number of benzene rings is 1. The highest BCUT2D eigenvalue weighted by Gasteiger charge is 2.23. The van der Waals surface area contributed by atoms with Gasteiger partial charge in [0.25, 0.3) is 5.89 Å². The van der Waals surface area contributed by atoms with Crippen molar-refractivity contribution < 1.29 is 9.63 Å². The van der Waals surface area contributed by atoms with Crippen molar-refractivity contribution in [2.45, 2.75) is 12.2 Å². The summed E-state index contributed by atoms with van der Waals surface area (Å²) in [5, 5.41) is 14.3. The zero-order valence-corrected chi connectivity index (χ0v) is 12.1. The third kappa shape index (κ3) is 2.74. The fraction of sp³-hybridized carbons (Fsp3) is 0.385. The molecule has 4 nitrogen and oxygen atoms in total. The Balaban J connectivity index is 1.87. The van der Waals surface area contributed by atoms with E-state index in [0.717, 1.165) is 22.9 Å². The summed E-state index contributed by atoms with van der Waals surface area (Å²) in [5.74, 6) is 4.63. The lowest BCUT2D eigenvalue weighted by Crippen LogP contribution is -2.07. The van der Waals surface area contributed by atoms with Crippen LogP contribution >= 0.6 is 23.5 Å². The molecule has 6 heteroatoms. The van der Waals surface area contributed by atoms with Crippen LogP contribution in [0.1, 0.15) is 16.6 Å². The van der Waals surface area contributed by atoms with E-state index in [-0.39, 0.29) is 5.75 Å². The van der Waals surface area contributed by atoms with E-state index in [4.69, 9.17) is 4.52 Å². The second-order valence-electron chi connectivity index (χ2n) is 4.41. The normalized spacial score (nSPS) is 19.5. The Morgan fingerprint density at radius 2 is 2.26 bits per heavy atom. The topological polar surface area (TPSA) is 59.2 Å². The van der Waals surface area contributed by atoms with Crippen LogP contribution in [0.15, 0.2) is 22.7 Å². The number of aromatic hydroxyl groups is 1. The first-order valence-corrected chi connectivity index (χ1v) is 8.27. The summed E-state index contributed by atoms with van der Waals surface area (Å²) in [7, 11) is 0. The highest BCUT2D eigenvalue weighted by molar-refractivity contribution is 8.06. The number of hydrogen-bond acceptors (Lipinski definition) is 6. The molecule has 2 heterocycles. The van der Waals surface area contributed by atoms with Crippen LogP contribution in [0.2, 0.25) is 0 Å². The van der Waals surface area contributed by atoms with Gasteiger partial charge in [0, 0.05) is 17.3 Å². The average Bonchev–Trinajstić information content (AvgIpc) is 2.89. The van der Waals surface area contributed by atoms with Gasteiger partial charge in [-0.3, -0.25) is 0 Å². The molecule has 0 spiro atoms. The van der Waals surface area contributed by atoms with Crippen molar-refractivity contribution in [3.8, 4) is 17.2 Å². The summed E-state index contributed by atoms with van der Waals surface area (Å²) in [5.41, 5.74) is 1.60. The minimum absolute atomic E-state index is 0.181. The van der Waals surface area contributed by atoms with Gasteiger partial charge in [-0.05, 0) is 24.6 Å². The van der Waals surface area contributed by atoms with Gasteiger partial charge in [-0.2, -0.15) is 16.7 Å². The Morgan fingerprint density at radius 3 is 3.00 bits per heavy atom. The molecule has 0 radical (unpaired) electrons. The summed E-state index contributed by atoms with van der Waals surface area (Å²) in [4.78, 5) is 4.42. The minimum atomic E-state index is 0.181. The molecule has 1 aliphatic rings. The van der Waals surface area contributed by atoms with Gasteiger partial charge < -0.3 is 9.63 Å². The number of rotatable bonds is 2. The number of aromatic nitrogens is 2. The van der Waals surface area contributed by atoms with Crippen LogP contribution in [0.3, 0.4) is 0 Å². The highest BCUT2D eigenvalue weighted by Crippen LogP contribution is 2.36. The van der Waals surface area contributed by atoms with Gasteiger partial charge in [0.1, 0.15) is 5.75 Å². The van der Waals surface area contributed by atoms with Crippen molar-refractivity contribution in [1.82, 2.24) is 10.1 Å². The Labute approximate surface area is 120 Å². The van der Waals surface area contributed by atoms with Crippen molar-refractivity contribution in [3.05, 3.63) is 29.6 Å². The Hall–Kier alpha value is -1.14. The molecule has 1 saturated heterocycles. The molecule has 1 aliphatic heterocycles. The van der Waals surface area contributed by atoms with Crippen LogP contribution < -0.4 is 0 Å². The van der Waals surface area contributed by atoms with E-state index in [1.54, 1.807) is 6.07 Å². The van der Waals surface area contributed by atoms with Crippen LogP contribution in [-0.4, -0.2) is 32.5 Å². The molecule has 0 aliphatic carbocycles. The summed E-state index contributed by atoms with van der Waals surface area (Å²) in [6.45, 7) is 1.93. The summed E-state index contributed by atoms with van der Waals surface area (Å²) in [6, 6.07) is 5.43. The first-order chi connectivity index (χ1) is 9.24. The van der Waals surface area contributed by atoms with E-state index in [9.17, 15) is 5.11 Å². The molecule has 19 heavy (non-hydrogen) atoms. The van der Waals surface area contributed by atoms with E-state index >= 15 is 0 Å². The molecule has 1 fully saturated rings. The predicted molar refractivity (Wildman–Crippen MR) is 78.7 cm³/mol. The average molecular weight is 294 g/mol. The standard InChI is InChI=1S/C13H14N2O2S2/c1-8-2-3-9(10(16)6-8)13-14-12(15-17-13)11-7-18-4-5-19-11/h2-3,6,11,16H,4-5,7H2,1H3. The molecule has 3 rings (SSSR count). The largest absolute Gasteiger partial charge is 0.507 e. The van der Waals surface area contributed by atoms with Crippen LogP contribution in [0.4, 0.5) is 0 Å². The molecular weight excluding hydrogens is 280 g/mol. The first-order valence-electron chi connectivity index (χ1n) is 6.07. The maximum Gasteiger partial charge on any atom is 0.261 e. The van der Waals surface area contributed by atoms with Crippen LogP contribution in [-0.2, 0) is 0 Å². The third-order valence-corrected chi connectivity index (χ3v) is 5.68. The fourth-order valence-electron chi connectivity index (χ4n) is 1.93. The predicted octanol–water partition coefficient (Wildman–Crippen LogP) is 3.27. The van der Waals surface area contributed by atoms with E-state index < -0.39 is 0 Å². The fourth-order valence-corrected chi connectivity index (χ4v) is 4.52. The number of phenols is 1. The van der Waals surface area contributed by atoms with E-state index in [1.165, 1.54) is 5.75 Å². The van der Waals surface area contributed by atoms with Crippen molar-refractivity contribution in [1.29, 1.82) is 0 Å². The second-order valence-corrected chi connectivity index (χ2v) is 6.87. The van der Waals surface area contributed by atoms with E-state index in [2.05, 4.69) is 10.1 Å². The smallest absolute Gasteiger partial charge is 0.261 e. The Bertz CT molecular complexity index is 580. The van der Waals surface area contributed by atoms with Crippen molar-refractivity contribution in [2.75, 3.05) is 17.3 Å². The molecule has 1 N–H and O–H groups in total. The maximum atomic E-state index is 9.93. The van der Waals surface area contributed by atoms with Gasteiger partial charge in [-0.15, -0.1) is 11.8 Å². The molecule has 0 saturated carbocycles. The molecule has 1 atom stereocenters. The highest BCUT2D eigenvalue weighted by atomic mass is 32.2. The van der Waals surface area contributed by atoms with Crippen LogP contribution in [0, 0.1) is 6.92 Å². The SMILES string of the molecule is Cc1ccc(-c2nc(C3CSCCS3)no2)c(O)c1.